The summed E-state index contributed by atoms with van der Waals surface area (Å²) in [4.78, 5) is 12.1. The summed E-state index contributed by atoms with van der Waals surface area (Å²) >= 11 is 0. The van der Waals surface area contributed by atoms with Crippen LogP contribution in [0.3, 0.4) is 0 Å². The number of rotatable bonds is 2. The third-order valence-corrected chi connectivity index (χ3v) is 2.54. The molecule has 1 aromatic carbocycles. The number of amides is 1. The van der Waals surface area contributed by atoms with Crippen molar-refractivity contribution in [3.05, 3.63) is 34.9 Å². The second kappa shape index (κ2) is 5.02. The quantitative estimate of drug-likeness (QED) is 0.502. The second-order valence-electron chi connectivity index (χ2n) is 5.28. The second-order valence-corrected chi connectivity index (χ2v) is 5.28. The van der Waals surface area contributed by atoms with Crippen LogP contribution in [-0.4, -0.2) is 16.5 Å². The molecule has 0 spiro atoms. The van der Waals surface area contributed by atoms with Crippen molar-refractivity contribution in [2.45, 2.75) is 39.7 Å². The predicted octanol–water partition coefficient (Wildman–Crippen LogP) is 3.05. The molecule has 0 aliphatic carbocycles. The lowest BCUT2D eigenvalue weighted by atomic mass is 10.0. The van der Waals surface area contributed by atoms with Gasteiger partial charge >= 0.3 is 0 Å². The van der Waals surface area contributed by atoms with Crippen molar-refractivity contribution in [1.29, 1.82) is 0 Å². The van der Waals surface area contributed by atoms with Crippen molar-refractivity contribution < 1.29 is 13.6 Å². The third kappa shape index (κ3) is 3.26. The number of halogens is 2. The Kier molecular flexibility index (Phi) is 4.06. The van der Waals surface area contributed by atoms with Gasteiger partial charge in [0.05, 0.1) is 5.54 Å². The van der Waals surface area contributed by atoms with Gasteiger partial charge in [0.15, 0.2) is 0 Å². The molecule has 5 heteroatoms. The van der Waals surface area contributed by atoms with Crippen LogP contribution in [0.15, 0.2) is 18.2 Å². The molecule has 0 radical (unpaired) electrons. The van der Waals surface area contributed by atoms with Crippen LogP contribution < -0.4 is 5.84 Å². The summed E-state index contributed by atoms with van der Waals surface area (Å²) < 4.78 is 25.3. The van der Waals surface area contributed by atoms with Crippen molar-refractivity contribution in [3.63, 3.8) is 0 Å². The van der Waals surface area contributed by atoms with E-state index < -0.39 is 17.9 Å². The van der Waals surface area contributed by atoms with Crippen molar-refractivity contribution in [2.24, 2.45) is 5.84 Å². The van der Waals surface area contributed by atoms with E-state index in [9.17, 15) is 13.6 Å². The highest BCUT2D eigenvalue weighted by molar-refractivity contribution is 5.94. The fourth-order valence-electron chi connectivity index (χ4n) is 1.51. The largest absolute Gasteiger partial charge is 0.271 e. The fourth-order valence-corrected chi connectivity index (χ4v) is 1.51. The van der Waals surface area contributed by atoms with Crippen molar-refractivity contribution in [3.8, 4) is 0 Å². The molecule has 1 rings (SSSR count). The molecule has 0 bridgehead atoms. The number of nitrogens with two attached hydrogens (primary N) is 1. The van der Waals surface area contributed by atoms with E-state index in [-0.39, 0.29) is 11.1 Å². The minimum Gasteiger partial charge on any atom is -0.271 e. The lowest BCUT2D eigenvalue weighted by Crippen LogP contribution is -2.50. The summed E-state index contributed by atoms with van der Waals surface area (Å²) in [7, 11) is 0. The van der Waals surface area contributed by atoms with E-state index in [1.54, 1.807) is 33.8 Å². The first kappa shape index (κ1) is 14.6. The maximum atomic E-state index is 12.7. The van der Waals surface area contributed by atoms with Crippen molar-refractivity contribution in [2.75, 3.05) is 0 Å². The van der Waals surface area contributed by atoms with Crippen LogP contribution in [0.4, 0.5) is 8.78 Å². The van der Waals surface area contributed by atoms with E-state index in [2.05, 4.69) is 0 Å². The molecule has 0 aliphatic rings. The number of hydrogen-bond donors (Lipinski definition) is 1. The Morgan fingerprint density at radius 3 is 2.28 bits per heavy atom. The van der Waals surface area contributed by atoms with E-state index in [0.29, 0.717) is 5.56 Å². The van der Waals surface area contributed by atoms with Gasteiger partial charge in [-0.1, -0.05) is 6.07 Å². The Hall–Kier alpha value is -1.49. The average molecular weight is 256 g/mol. The van der Waals surface area contributed by atoms with Gasteiger partial charge in [0.25, 0.3) is 12.3 Å². The van der Waals surface area contributed by atoms with Gasteiger partial charge in [0.2, 0.25) is 0 Å². The first-order valence-electron chi connectivity index (χ1n) is 5.62. The summed E-state index contributed by atoms with van der Waals surface area (Å²) in [6.07, 6.45) is -2.60. The first-order valence-corrected chi connectivity index (χ1v) is 5.62. The molecule has 0 saturated heterocycles. The van der Waals surface area contributed by atoms with E-state index >= 15 is 0 Å². The smallest absolute Gasteiger partial charge is 0.268 e. The minimum absolute atomic E-state index is 0.166. The molecule has 2 N–H and O–H groups in total. The molecule has 100 valence electrons. The van der Waals surface area contributed by atoms with Crippen molar-refractivity contribution >= 4 is 5.91 Å². The first-order chi connectivity index (χ1) is 8.12. The zero-order chi connectivity index (χ0) is 14.1. The Morgan fingerprint density at radius 2 is 1.83 bits per heavy atom. The summed E-state index contributed by atoms with van der Waals surface area (Å²) in [6, 6.07) is 4.10. The Balaban J connectivity index is 3.14. The molecule has 3 nitrogen and oxygen atoms in total. The molecule has 0 atom stereocenters. The van der Waals surface area contributed by atoms with Gasteiger partial charge in [-0.15, -0.1) is 0 Å². The molecule has 0 unspecified atom stereocenters. The molecule has 0 aromatic heterocycles. The van der Waals surface area contributed by atoms with E-state index in [4.69, 9.17) is 5.84 Å². The molecule has 0 fully saturated rings. The Morgan fingerprint density at radius 1 is 1.28 bits per heavy atom. The molecular formula is C13H18F2N2O. The van der Waals surface area contributed by atoms with Gasteiger partial charge in [-0.25, -0.2) is 14.6 Å². The van der Waals surface area contributed by atoms with Crippen LogP contribution in [0.1, 0.15) is 48.7 Å². The standard InChI is InChI=1S/C13H18F2N2O/c1-8-5-9(11(14)15)7-10(6-8)12(18)17(16)13(2,3)4/h5-7,11H,16H2,1-4H3. The average Bonchev–Trinajstić information content (AvgIpc) is 2.24. The van der Waals surface area contributed by atoms with Crippen LogP contribution >= 0.6 is 0 Å². The lowest BCUT2D eigenvalue weighted by Gasteiger charge is -2.31. The summed E-state index contributed by atoms with van der Waals surface area (Å²) in [5.74, 6) is 5.23. The number of hydrogen-bond acceptors (Lipinski definition) is 2. The molecule has 1 amide bonds. The van der Waals surface area contributed by atoms with Crippen LogP contribution in [0.5, 0.6) is 0 Å². The van der Waals surface area contributed by atoms with Crippen molar-refractivity contribution in [1.82, 2.24) is 5.01 Å². The van der Waals surface area contributed by atoms with Gasteiger partial charge in [0.1, 0.15) is 0 Å². The van der Waals surface area contributed by atoms with Gasteiger partial charge in [0, 0.05) is 11.1 Å². The summed E-state index contributed by atoms with van der Waals surface area (Å²) in [5.41, 5.74) is 0.0630. The highest BCUT2D eigenvalue weighted by Gasteiger charge is 2.25. The zero-order valence-corrected chi connectivity index (χ0v) is 11.0. The summed E-state index contributed by atoms with van der Waals surface area (Å²) in [6.45, 7) is 6.98. The van der Waals surface area contributed by atoms with Crippen LogP contribution in [0.2, 0.25) is 0 Å². The van der Waals surface area contributed by atoms with Crippen LogP contribution in [0.25, 0.3) is 0 Å². The van der Waals surface area contributed by atoms with E-state index in [1.165, 1.54) is 12.1 Å². The van der Waals surface area contributed by atoms with Gasteiger partial charge < -0.3 is 0 Å². The molecule has 0 saturated carbocycles. The zero-order valence-electron chi connectivity index (χ0n) is 11.0. The Bertz CT molecular complexity index is 453. The fraction of sp³-hybridized carbons (Fsp3) is 0.462. The molecule has 0 heterocycles. The minimum atomic E-state index is -2.60. The number of carbonyl (C=O) groups is 1. The number of nitrogens with zero attached hydrogens (tertiary/aromatic N) is 1. The topological polar surface area (TPSA) is 46.3 Å². The Labute approximate surface area is 106 Å². The third-order valence-electron chi connectivity index (χ3n) is 2.54. The van der Waals surface area contributed by atoms with Gasteiger partial charge in [-0.3, -0.25) is 9.80 Å². The maximum Gasteiger partial charge on any atom is 0.268 e. The predicted molar refractivity (Wildman–Crippen MR) is 66.2 cm³/mol. The number of aryl methyl sites for hydroxylation is 1. The van der Waals surface area contributed by atoms with E-state index in [1.807, 2.05) is 0 Å². The molecule has 0 aliphatic heterocycles. The number of alkyl halides is 2. The highest BCUT2D eigenvalue weighted by atomic mass is 19.3. The normalized spacial score (nSPS) is 11.8. The number of hydrazine groups is 1. The monoisotopic (exact) mass is 256 g/mol. The van der Waals surface area contributed by atoms with E-state index in [0.717, 1.165) is 5.01 Å². The van der Waals surface area contributed by atoms with Crippen LogP contribution in [-0.2, 0) is 0 Å². The number of carbonyl (C=O) groups excluding carboxylic acids is 1. The molecule has 18 heavy (non-hydrogen) atoms. The number of benzene rings is 1. The summed E-state index contributed by atoms with van der Waals surface area (Å²) in [5, 5.41) is 1.05. The molecule has 1 aromatic rings. The maximum absolute atomic E-state index is 12.7. The van der Waals surface area contributed by atoms with Crippen LogP contribution in [0, 0.1) is 6.92 Å². The lowest BCUT2D eigenvalue weighted by molar-refractivity contribution is 0.0581. The SMILES string of the molecule is Cc1cc(C(=O)N(N)C(C)(C)C)cc(C(F)F)c1. The van der Waals surface area contributed by atoms with Gasteiger partial charge in [-0.2, -0.15) is 0 Å². The molecular weight excluding hydrogens is 238 g/mol. The van der Waals surface area contributed by atoms with Gasteiger partial charge in [-0.05, 0) is 45.4 Å². The highest BCUT2D eigenvalue weighted by Crippen LogP contribution is 2.23.